The summed E-state index contributed by atoms with van der Waals surface area (Å²) in [4.78, 5) is 57.6. The Balaban J connectivity index is 1.59. The molecule has 1 aromatic heterocycles. The SMILES string of the molecule is CCn1nccc1C(=O)NC(C(=O)Nc1ccc([C@H](C)[C@@H](NC(=O)[C@H](C)OC)C(=O)N2CCN(C)[C@H](C)C2)cc1F)C1COCCC(=C(F)F)C1. The van der Waals surface area contributed by atoms with E-state index in [1.165, 1.54) is 42.3 Å². The van der Waals surface area contributed by atoms with Crippen LogP contribution in [0.5, 0.6) is 0 Å². The van der Waals surface area contributed by atoms with Gasteiger partial charge in [0, 0.05) is 57.4 Å². The summed E-state index contributed by atoms with van der Waals surface area (Å²) in [6, 6.07) is 3.15. The van der Waals surface area contributed by atoms with Crippen LogP contribution < -0.4 is 16.0 Å². The summed E-state index contributed by atoms with van der Waals surface area (Å²) in [6.07, 6.45) is -1.53. The maximum atomic E-state index is 15.8. The molecule has 2 unspecified atom stereocenters. The Bertz CT molecular complexity index is 1600. The molecule has 0 radical (unpaired) electrons. The minimum Gasteiger partial charge on any atom is -0.381 e. The van der Waals surface area contributed by atoms with E-state index in [-0.39, 0.29) is 55.0 Å². The second-order valence-electron chi connectivity index (χ2n) is 13.1. The average molecular weight is 720 g/mol. The largest absolute Gasteiger partial charge is 0.381 e. The van der Waals surface area contributed by atoms with E-state index in [1.54, 1.807) is 25.7 Å². The standard InChI is InChI=1S/C35H48F3N7O6/c1-7-45-28(10-12-39-45)33(47)42-30(25-16-24(31(37)38)11-15-51-19-25)34(48)40-27-9-8-23(17-26(27)36)21(3)29(41-32(46)22(4)50-6)35(49)44-14-13-43(5)20(2)18-44/h8-10,12,17,20-22,25,29-30H,7,11,13-16,18-19H2,1-6H3,(H,40,48)(H,41,46)(H,42,47)/t20-,21+,22+,25?,29-,30?/m1/s1. The third-order valence-corrected chi connectivity index (χ3v) is 9.78. The number of likely N-dealkylation sites (N-methyl/N-ethyl adjacent to an activating group) is 1. The fourth-order valence-electron chi connectivity index (χ4n) is 6.23. The lowest BCUT2D eigenvalue weighted by molar-refractivity contribution is -0.141. The summed E-state index contributed by atoms with van der Waals surface area (Å²) >= 11 is 0. The Hall–Kier alpha value is -4.28. The monoisotopic (exact) mass is 719 g/mol. The van der Waals surface area contributed by atoms with Crippen LogP contribution in [0.15, 0.2) is 42.1 Å². The van der Waals surface area contributed by atoms with Crippen molar-refractivity contribution in [1.82, 2.24) is 30.2 Å². The van der Waals surface area contributed by atoms with Gasteiger partial charge in [-0.05, 0) is 70.0 Å². The molecule has 2 aromatic rings. The number of halogens is 3. The van der Waals surface area contributed by atoms with Crippen LogP contribution in [0.25, 0.3) is 0 Å². The molecular weight excluding hydrogens is 671 g/mol. The lowest BCUT2D eigenvalue weighted by Crippen LogP contribution is -2.58. The van der Waals surface area contributed by atoms with Crippen molar-refractivity contribution in [3.8, 4) is 0 Å². The molecule has 4 amide bonds. The fraction of sp³-hybridized carbons (Fsp3) is 0.571. The number of rotatable bonds is 12. The van der Waals surface area contributed by atoms with Gasteiger partial charge in [-0.15, -0.1) is 0 Å². The molecule has 1 aromatic carbocycles. The van der Waals surface area contributed by atoms with Crippen LogP contribution in [0.2, 0.25) is 0 Å². The van der Waals surface area contributed by atoms with Crippen molar-refractivity contribution >= 4 is 29.3 Å². The molecule has 4 rings (SSSR count). The molecule has 2 aliphatic rings. The zero-order valence-corrected chi connectivity index (χ0v) is 29.9. The summed E-state index contributed by atoms with van der Waals surface area (Å²) in [5, 5.41) is 12.0. The molecule has 2 saturated heterocycles. The number of ether oxygens (including phenoxy) is 2. The summed E-state index contributed by atoms with van der Waals surface area (Å²) in [5.74, 6) is -4.75. The molecule has 2 fully saturated rings. The number of nitrogens with zero attached hydrogens (tertiary/aromatic N) is 4. The van der Waals surface area contributed by atoms with Crippen LogP contribution in [-0.4, -0.2) is 114 Å². The first-order chi connectivity index (χ1) is 24.2. The van der Waals surface area contributed by atoms with Gasteiger partial charge in [-0.1, -0.05) is 13.0 Å². The van der Waals surface area contributed by atoms with Gasteiger partial charge in [0.15, 0.2) is 0 Å². The number of nitrogens with one attached hydrogen (secondary N) is 3. The van der Waals surface area contributed by atoms with E-state index in [0.29, 0.717) is 31.7 Å². The molecule has 13 nitrogen and oxygen atoms in total. The highest BCUT2D eigenvalue weighted by atomic mass is 19.3. The number of anilines is 1. The highest BCUT2D eigenvalue weighted by Crippen LogP contribution is 2.29. The Labute approximate surface area is 295 Å². The van der Waals surface area contributed by atoms with E-state index in [9.17, 15) is 28.0 Å². The number of aromatic nitrogens is 2. The van der Waals surface area contributed by atoms with Crippen molar-refractivity contribution in [2.75, 3.05) is 52.3 Å². The number of benzene rings is 1. The van der Waals surface area contributed by atoms with Gasteiger partial charge in [-0.25, -0.2) is 4.39 Å². The third kappa shape index (κ3) is 9.74. The Morgan fingerprint density at radius 1 is 1.10 bits per heavy atom. The summed E-state index contributed by atoms with van der Waals surface area (Å²) in [5.41, 5.74) is 0.113. The number of carbonyl (C=O) groups is 4. The molecule has 3 N–H and O–H groups in total. The number of hydrogen-bond acceptors (Lipinski definition) is 8. The number of methoxy groups -OCH3 is 1. The second kappa shape index (κ2) is 17.8. The van der Waals surface area contributed by atoms with Crippen LogP contribution in [0, 0.1) is 11.7 Å². The molecule has 6 atom stereocenters. The predicted octanol–water partition coefficient (Wildman–Crippen LogP) is 3.14. The topological polar surface area (TPSA) is 147 Å². The number of aryl methyl sites for hydroxylation is 1. The molecule has 16 heteroatoms. The Morgan fingerprint density at radius 3 is 2.49 bits per heavy atom. The van der Waals surface area contributed by atoms with Crippen molar-refractivity contribution in [1.29, 1.82) is 0 Å². The molecule has 0 saturated carbocycles. The minimum atomic E-state index is -1.87. The van der Waals surface area contributed by atoms with E-state index >= 15 is 4.39 Å². The lowest BCUT2D eigenvalue weighted by atomic mass is 9.90. The van der Waals surface area contributed by atoms with Crippen LogP contribution >= 0.6 is 0 Å². The van der Waals surface area contributed by atoms with Crippen LogP contribution in [0.4, 0.5) is 18.9 Å². The first-order valence-corrected chi connectivity index (χ1v) is 17.1. The second-order valence-corrected chi connectivity index (χ2v) is 13.1. The Kier molecular flexibility index (Phi) is 13.8. The molecule has 2 aliphatic heterocycles. The van der Waals surface area contributed by atoms with Crippen molar-refractivity contribution in [3.63, 3.8) is 0 Å². The van der Waals surface area contributed by atoms with Gasteiger partial charge >= 0.3 is 0 Å². The quantitative estimate of drug-likeness (QED) is 0.304. The van der Waals surface area contributed by atoms with Gasteiger partial charge in [-0.3, -0.25) is 23.9 Å². The zero-order chi connectivity index (χ0) is 37.4. The smallest absolute Gasteiger partial charge is 0.270 e. The van der Waals surface area contributed by atoms with E-state index in [2.05, 4.69) is 25.9 Å². The maximum absolute atomic E-state index is 15.8. The first-order valence-electron chi connectivity index (χ1n) is 17.1. The highest BCUT2D eigenvalue weighted by molar-refractivity contribution is 6.01. The van der Waals surface area contributed by atoms with E-state index in [0.717, 1.165) is 0 Å². The maximum Gasteiger partial charge on any atom is 0.270 e. The fourth-order valence-corrected chi connectivity index (χ4v) is 6.23. The molecule has 0 spiro atoms. The molecule has 0 bridgehead atoms. The van der Waals surface area contributed by atoms with Gasteiger partial charge in [0.2, 0.25) is 17.7 Å². The predicted molar refractivity (Wildman–Crippen MR) is 182 cm³/mol. The van der Waals surface area contributed by atoms with E-state index in [4.69, 9.17) is 9.47 Å². The van der Waals surface area contributed by atoms with Gasteiger partial charge in [0.25, 0.3) is 12.0 Å². The molecule has 0 aliphatic carbocycles. The van der Waals surface area contributed by atoms with Gasteiger partial charge < -0.3 is 35.2 Å². The number of piperazine rings is 1. The van der Waals surface area contributed by atoms with Crippen molar-refractivity contribution in [2.45, 2.75) is 77.2 Å². The highest BCUT2D eigenvalue weighted by Gasteiger charge is 2.37. The summed E-state index contributed by atoms with van der Waals surface area (Å²) in [7, 11) is 3.35. The van der Waals surface area contributed by atoms with E-state index in [1.807, 2.05) is 14.0 Å². The van der Waals surface area contributed by atoms with Crippen molar-refractivity contribution in [3.05, 3.63) is 59.2 Å². The normalized spacial score (nSPS) is 20.8. The average Bonchev–Trinajstić information content (AvgIpc) is 3.46. The third-order valence-electron chi connectivity index (χ3n) is 9.78. The Morgan fingerprint density at radius 2 is 1.84 bits per heavy atom. The molecule has 280 valence electrons. The number of carbonyl (C=O) groups excluding carboxylic acids is 4. The molecule has 51 heavy (non-hydrogen) atoms. The van der Waals surface area contributed by atoms with E-state index < -0.39 is 59.6 Å². The number of hydrogen-bond donors (Lipinski definition) is 3. The zero-order valence-electron chi connectivity index (χ0n) is 29.9. The van der Waals surface area contributed by atoms with Gasteiger partial charge in [0.05, 0.1) is 18.9 Å². The van der Waals surface area contributed by atoms with Crippen LogP contribution in [0.1, 0.15) is 62.5 Å². The van der Waals surface area contributed by atoms with Gasteiger partial charge in [0.1, 0.15) is 29.7 Å². The lowest BCUT2D eigenvalue weighted by Gasteiger charge is -2.40. The summed E-state index contributed by atoms with van der Waals surface area (Å²) < 4.78 is 55.3. The number of amides is 4. The van der Waals surface area contributed by atoms with Gasteiger partial charge in [-0.2, -0.15) is 13.9 Å². The molecule has 3 heterocycles. The molecular formula is C35H48F3N7O6. The summed E-state index contributed by atoms with van der Waals surface area (Å²) in [6.45, 7) is 8.87. The van der Waals surface area contributed by atoms with Crippen molar-refractivity contribution < 1.29 is 41.8 Å². The first kappa shape index (κ1) is 39.5. The van der Waals surface area contributed by atoms with Crippen LogP contribution in [-0.2, 0) is 30.4 Å². The van der Waals surface area contributed by atoms with Crippen LogP contribution in [0.3, 0.4) is 0 Å². The van der Waals surface area contributed by atoms with Crippen molar-refractivity contribution in [2.24, 2.45) is 5.92 Å². The minimum absolute atomic E-state index is 0.0184.